The molecule has 116 valence electrons. The largest absolute Gasteiger partial charge is 0.506 e. The zero-order valence-electron chi connectivity index (χ0n) is 12.7. The summed E-state index contributed by atoms with van der Waals surface area (Å²) in [6, 6.07) is 10.3. The van der Waals surface area contributed by atoms with Crippen molar-refractivity contribution in [1.82, 2.24) is 9.97 Å². The lowest BCUT2D eigenvalue weighted by atomic mass is 10.1. The Balaban J connectivity index is 2.06. The van der Waals surface area contributed by atoms with Crippen LogP contribution in [0.1, 0.15) is 21.6 Å². The first-order chi connectivity index (χ1) is 11.0. The zero-order chi connectivity index (χ0) is 16.6. The summed E-state index contributed by atoms with van der Waals surface area (Å²) in [5, 5.41) is 13.3. The highest BCUT2D eigenvalue weighted by atomic mass is 16.3. The summed E-state index contributed by atoms with van der Waals surface area (Å²) >= 11 is 0. The van der Waals surface area contributed by atoms with Gasteiger partial charge < -0.3 is 15.4 Å². The normalized spacial score (nSPS) is 10.7. The fourth-order valence-corrected chi connectivity index (χ4v) is 2.52. The van der Waals surface area contributed by atoms with Crippen LogP contribution in [-0.4, -0.2) is 21.0 Å². The van der Waals surface area contributed by atoms with E-state index in [1.807, 2.05) is 19.9 Å². The number of benzene rings is 1. The van der Waals surface area contributed by atoms with Gasteiger partial charge in [0.2, 0.25) is 0 Å². The molecule has 6 heteroatoms. The molecule has 3 aromatic rings. The van der Waals surface area contributed by atoms with Gasteiger partial charge in [-0.05, 0) is 43.7 Å². The van der Waals surface area contributed by atoms with Crippen LogP contribution < -0.4 is 10.9 Å². The van der Waals surface area contributed by atoms with E-state index in [-0.39, 0.29) is 11.3 Å². The molecule has 0 aliphatic heterocycles. The molecule has 0 saturated carbocycles. The zero-order valence-corrected chi connectivity index (χ0v) is 12.7. The van der Waals surface area contributed by atoms with Crippen LogP contribution in [0, 0.1) is 13.8 Å². The highest BCUT2D eigenvalue weighted by Gasteiger charge is 2.19. The minimum absolute atomic E-state index is 0.329. The second-order valence-corrected chi connectivity index (χ2v) is 5.35. The van der Waals surface area contributed by atoms with Crippen LogP contribution in [0.2, 0.25) is 0 Å². The van der Waals surface area contributed by atoms with E-state index in [2.05, 4.69) is 15.3 Å². The number of amides is 1. The van der Waals surface area contributed by atoms with Crippen LogP contribution in [0.3, 0.4) is 0 Å². The molecule has 6 nitrogen and oxygen atoms in total. The lowest BCUT2D eigenvalue weighted by Crippen LogP contribution is -2.24. The average molecular weight is 309 g/mol. The Morgan fingerprint density at radius 3 is 2.70 bits per heavy atom. The first kappa shape index (κ1) is 14.8. The van der Waals surface area contributed by atoms with Crippen LogP contribution in [0.5, 0.6) is 5.75 Å². The third kappa shape index (κ3) is 2.78. The number of carbonyl (C=O) groups excluding carboxylic acids is 1. The standard InChI is InChI=1S/C17H15N3O3/c1-9-7-10(2)18-13(8-9)20-17(23)14-15(21)11-5-3-4-6-12(11)19-16(14)22/h3-8H,1-2H3,(H,18,20,23)(H2,19,21,22). The predicted octanol–water partition coefficient (Wildman–Crippen LogP) is 2.50. The Labute approximate surface area is 131 Å². The molecule has 1 aromatic carbocycles. The number of aromatic amines is 1. The van der Waals surface area contributed by atoms with Gasteiger partial charge in [0.25, 0.3) is 11.5 Å². The third-order valence-electron chi connectivity index (χ3n) is 3.46. The average Bonchev–Trinajstić information content (AvgIpc) is 2.46. The monoisotopic (exact) mass is 309 g/mol. The van der Waals surface area contributed by atoms with Crippen molar-refractivity contribution in [2.45, 2.75) is 13.8 Å². The lowest BCUT2D eigenvalue weighted by molar-refractivity contribution is 0.102. The molecule has 3 N–H and O–H groups in total. The number of carbonyl (C=O) groups is 1. The van der Waals surface area contributed by atoms with Gasteiger partial charge in [0.15, 0.2) is 0 Å². The van der Waals surface area contributed by atoms with Crippen LogP contribution in [0.25, 0.3) is 10.9 Å². The van der Waals surface area contributed by atoms with E-state index >= 15 is 0 Å². The number of nitrogens with zero attached hydrogens (tertiary/aromatic N) is 1. The van der Waals surface area contributed by atoms with Crippen LogP contribution >= 0.6 is 0 Å². The van der Waals surface area contributed by atoms with E-state index in [0.29, 0.717) is 16.7 Å². The number of nitrogens with one attached hydrogen (secondary N) is 2. The summed E-state index contributed by atoms with van der Waals surface area (Å²) in [6.07, 6.45) is 0. The molecule has 0 aliphatic carbocycles. The minimum atomic E-state index is -0.702. The molecule has 0 unspecified atom stereocenters. The van der Waals surface area contributed by atoms with Gasteiger partial charge in [-0.3, -0.25) is 9.59 Å². The first-order valence-corrected chi connectivity index (χ1v) is 7.06. The summed E-state index contributed by atoms with van der Waals surface area (Å²) in [7, 11) is 0. The first-order valence-electron chi connectivity index (χ1n) is 7.06. The lowest BCUT2D eigenvalue weighted by Gasteiger charge is -2.09. The highest BCUT2D eigenvalue weighted by Crippen LogP contribution is 2.25. The second kappa shape index (κ2) is 5.57. The molecule has 0 spiro atoms. The van der Waals surface area contributed by atoms with Gasteiger partial charge in [-0.25, -0.2) is 4.98 Å². The summed E-state index contributed by atoms with van der Waals surface area (Å²) in [6.45, 7) is 3.69. The molecule has 0 atom stereocenters. The van der Waals surface area contributed by atoms with E-state index in [9.17, 15) is 14.7 Å². The van der Waals surface area contributed by atoms with E-state index in [1.54, 1.807) is 30.3 Å². The molecule has 0 bridgehead atoms. The number of rotatable bonds is 2. The van der Waals surface area contributed by atoms with Crippen molar-refractivity contribution in [1.29, 1.82) is 0 Å². The molecule has 1 amide bonds. The van der Waals surface area contributed by atoms with Gasteiger partial charge in [0, 0.05) is 11.1 Å². The number of aromatic hydroxyl groups is 1. The van der Waals surface area contributed by atoms with Crippen molar-refractivity contribution in [3.05, 3.63) is 63.6 Å². The number of H-pyrrole nitrogens is 1. The van der Waals surface area contributed by atoms with Crippen LogP contribution in [0.4, 0.5) is 5.82 Å². The van der Waals surface area contributed by atoms with Gasteiger partial charge in [-0.15, -0.1) is 0 Å². The smallest absolute Gasteiger partial charge is 0.266 e. The van der Waals surface area contributed by atoms with Crippen LogP contribution in [0.15, 0.2) is 41.2 Å². The number of anilines is 1. The number of aromatic nitrogens is 2. The summed E-state index contributed by atoms with van der Waals surface area (Å²) in [4.78, 5) is 31.3. The third-order valence-corrected chi connectivity index (χ3v) is 3.46. The Hall–Kier alpha value is -3.15. The highest BCUT2D eigenvalue weighted by molar-refractivity contribution is 6.08. The topological polar surface area (TPSA) is 95.1 Å². The SMILES string of the molecule is Cc1cc(C)nc(NC(=O)c2c(O)c3ccccc3[nH]c2=O)c1. The maximum atomic E-state index is 12.4. The Kier molecular flexibility index (Phi) is 3.57. The summed E-state index contributed by atoms with van der Waals surface area (Å²) in [5.74, 6) is -0.710. The molecule has 0 aliphatic rings. The predicted molar refractivity (Wildman–Crippen MR) is 87.9 cm³/mol. The van der Waals surface area contributed by atoms with E-state index in [4.69, 9.17) is 0 Å². The molecule has 2 heterocycles. The van der Waals surface area contributed by atoms with Crippen molar-refractivity contribution in [2.24, 2.45) is 0 Å². The molecule has 0 radical (unpaired) electrons. The fraction of sp³-hybridized carbons (Fsp3) is 0.118. The maximum absolute atomic E-state index is 12.4. The van der Waals surface area contributed by atoms with E-state index in [0.717, 1.165) is 11.3 Å². The molecule has 0 saturated heterocycles. The molecule has 2 aromatic heterocycles. The molecule has 23 heavy (non-hydrogen) atoms. The van der Waals surface area contributed by atoms with Crippen molar-refractivity contribution in [2.75, 3.05) is 5.32 Å². The van der Waals surface area contributed by atoms with Crippen molar-refractivity contribution >= 4 is 22.6 Å². The quantitative estimate of drug-likeness (QED) is 0.678. The van der Waals surface area contributed by atoms with E-state index in [1.165, 1.54) is 0 Å². The van der Waals surface area contributed by atoms with Crippen molar-refractivity contribution < 1.29 is 9.90 Å². The number of hydrogen-bond acceptors (Lipinski definition) is 4. The maximum Gasteiger partial charge on any atom is 0.266 e. The molecule has 3 rings (SSSR count). The van der Waals surface area contributed by atoms with Crippen molar-refractivity contribution in [3.63, 3.8) is 0 Å². The number of para-hydroxylation sites is 1. The number of pyridine rings is 2. The molecule has 0 fully saturated rings. The summed E-state index contributed by atoms with van der Waals surface area (Å²) in [5.41, 5.74) is 1.17. The van der Waals surface area contributed by atoms with Gasteiger partial charge in [-0.1, -0.05) is 12.1 Å². The second-order valence-electron chi connectivity index (χ2n) is 5.35. The Morgan fingerprint density at radius 2 is 1.96 bits per heavy atom. The molecular weight excluding hydrogens is 294 g/mol. The van der Waals surface area contributed by atoms with E-state index < -0.39 is 11.5 Å². The van der Waals surface area contributed by atoms with Gasteiger partial charge in [0.05, 0.1) is 5.52 Å². The van der Waals surface area contributed by atoms with Crippen molar-refractivity contribution in [3.8, 4) is 5.75 Å². The minimum Gasteiger partial charge on any atom is -0.506 e. The summed E-state index contributed by atoms with van der Waals surface area (Å²) < 4.78 is 0. The van der Waals surface area contributed by atoms with Gasteiger partial charge >= 0.3 is 0 Å². The van der Waals surface area contributed by atoms with Gasteiger partial charge in [-0.2, -0.15) is 0 Å². The number of fused-ring (bicyclic) bond motifs is 1. The van der Waals surface area contributed by atoms with Gasteiger partial charge in [0.1, 0.15) is 17.1 Å². The molecular formula is C17H15N3O3. The fourth-order valence-electron chi connectivity index (χ4n) is 2.52. The number of aryl methyl sites for hydroxylation is 2. The number of hydrogen-bond donors (Lipinski definition) is 3. The van der Waals surface area contributed by atoms with Crippen LogP contribution in [-0.2, 0) is 0 Å². The Bertz CT molecular complexity index is 956. The Morgan fingerprint density at radius 1 is 1.22 bits per heavy atom.